The van der Waals surface area contributed by atoms with E-state index < -0.39 is 5.41 Å². The summed E-state index contributed by atoms with van der Waals surface area (Å²) < 4.78 is 8.54. The molecule has 0 N–H and O–H groups in total. The highest BCUT2D eigenvalue weighted by Crippen LogP contribution is 2.56. The lowest BCUT2D eigenvalue weighted by Gasteiger charge is -2.34. The van der Waals surface area contributed by atoms with Gasteiger partial charge in [-0.15, -0.1) is 0 Å². The molecule has 2 aromatic heterocycles. The number of aromatic nitrogens is 1. The molecule has 1 aliphatic carbocycles. The van der Waals surface area contributed by atoms with Crippen LogP contribution in [-0.2, 0) is 5.41 Å². The van der Waals surface area contributed by atoms with E-state index >= 15 is 0 Å². The zero-order valence-corrected chi connectivity index (χ0v) is 34.9. The van der Waals surface area contributed by atoms with E-state index in [9.17, 15) is 0 Å². The molecule has 0 saturated heterocycles. The highest BCUT2D eigenvalue weighted by Gasteiger charge is 2.45. The lowest BCUT2D eigenvalue weighted by atomic mass is 9.68. The van der Waals surface area contributed by atoms with E-state index in [4.69, 9.17) is 4.42 Å². The molecule has 3 nitrogen and oxygen atoms in total. The monoisotopic (exact) mass is 816 g/mol. The third-order valence-corrected chi connectivity index (χ3v) is 13.5. The van der Waals surface area contributed by atoms with Crippen LogP contribution in [0.2, 0.25) is 0 Å². The van der Waals surface area contributed by atoms with E-state index in [1.807, 2.05) is 12.1 Å². The second kappa shape index (κ2) is 14.3. The third-order valence-electron chi connectivity index (χ3n) is 13.5. The molecule has 0 bridgehead atoms. The minimum absolute atomic E-state index is 0.467. The molecule has 3 heteroatoms. The largest absolute Gasteiger partial charge is 0.456 e. The quantitative estimate of drug-likeness (QED) is 0.160. The maximum absolute atomic E-state index is 6.16. The Morgan fingerprint density at radius 3 is 1.45 bits per heavy atom. The Morgan fingerprint density at radius 2 is 0.812 bits per heavy atom. The summed E-state index contributed by atoms with van der Waals surface area (Å²) >= 11 is 0. The number of benzene rings is 10. The van der Waals surface area contributed by atoms with Gasteiger partial charge in [0.15, 0.2) is 0 Å². The first-order valence-electron chi connectivity index (χ1n) is 22.0. The predicted molar refractivity (Wildman–Crippen MR) is 265 cm³/mol. The van der Waals surface area contributed by atoms with Gasteiger partial charge in [-0.3, -0.25) is 0 Å². The molecule has 0 fully saturated rings. The Labute approximate surface area is 371 Å². The average molecular weight is 817 g/mol. The van der Waals surface area contributed by atoms with Gasteiger partial charge in [0.2, 0.25) is 0 Å². The summed E-state index contributed by atoms with van der Waals surface area (Å²) in [6, 6.07) is 88.3. The second-order valence-corrected chi connectivity index (χ2v) is 16.8. The van der Waals surface area contributed by atoms with Gasteiger partial charge in [-0.1, -0.05) is 164 Å². The first-order valence-corrected chi connectivity index (χ1v) is 22.0. The number of fused-ring (bicyclic) bond motifs is 9. The first-order chi connectivity index (χ1) is 31.7. The number of hydrogen-bond acceptors (Lipinski definition) is 2. The van der Waals surface area contributed by atoms with Crippen molar-refractivity contribution in [2.24, 2.45) is 0 Å². The molecule has 13 rings (SSSR count). The van der Waals surface area contributed by atoms with Crippen LogP contribution in [0.4, 0.5) is 17.1 Å². The summed E-state index contributed by atoms with van der Waals surface area (Å²) in [6.07, 6.45) is 0. The summed E-state index contributed by atoms with van der Waals surface area (Å²) in [4.78, 5) is 2.38. The number of anilines is 3. The first kappa shape index (κ1) is 36.3. The molecule has 0 aliphatic heterocycles. The Hall–Kier alpha value is -8.40. The minimum Gasteiger partial charge on any atom is -0.456 e. The molecular weight excluding hydrogens is 777 g/mol. The van der Waals surface area contributed by atoms with Crippen molar-refractivity contribution in [1.82, 2.24) is 4.57 Å². The van der Waals surface area contributed by atoms with E-state index in [1.165, 1.54) is 55.2 Å². The lowest BCUT2D eigenvalue weighted by molar-refractivity contribution is 0.669. The number of para-hydroxylation sites is 3. The van der Waals surface area contributed by atoms with Crippen LogP contribution in [0.3, 0.4) is 0 Å². The zero-order chi connectivity index (χ0) is 42.2. The van der Waals surface area contributed by atoms with E-state index in [-0.39, 0.29) is 0 Å². The lowest BCUT2D eigenvalue weighted by Crippen LogP contribution is -2.28. The fourth-order valence-electron chi connectivity index (χ4n) is 10.7. The maximum atomic E-state index is 6.16. The summed E-state index contributed by atoms with van der Waals surface area (Å²) in [7, 11) is 0. The van der Waals surface area contributed by atoms with Crippen LogP contribution in [0.1, 0.15) is 22.3 Å². The van der Waals surface area contributed by atoms with Crippen molar-refractivity contribution in [2.75, 3.05) is 4.90 Å². The van der Waals surface area contributed by atoms with Crippen LogP contribution >= 0.6 is 0 Å². The van der Waals surface area contributed by atoms with Crippen molar-refractivity contribution in [1.29, 1.82) is 0 Å². The molecule has 12 aromatic rings. The molecule has 1 aliphatic rings. The highest BCUT2D eigenvalue weighted by atomic mass is 16.3. The molecular formula is C61H40N2O. The van der Waals surface area contributed by atoms with Gasteiger partial charge >= 0.3 is 0 Å². The second-order valence-electron chi connectivity index (χ2n) is 16.8. The van der Waals surface area contributed by atoms with Gasteiger partial charge in [0.1, 0.15) is 11.2 Å². The SMILES string of the molecule is c1ccc(C2(c3ccc(N(c4ccc(-c5ccc6oc7ccccc7c6c5)cc4)c4ccc(-n5c6ccccc6c6ccccc65)cc4)cc3)c3ccccc3-c3ccccc32)cc1. The van der Waals surface area contributed by atoms with Crippen molar-refractivity contribution in [3.63, 3.8) is 0 Å². The van der Waals surface area contributed by atoms with Crippen LogP contribution in [0.5, 0.6) is 0 Å². The topological polar surface area (TPSA) is 21.3 Å². The number of rotatable bonds is 7. The Balaban J connectivity index is 0.950. The van der Waals surface area contributed by atoms with Crippen molar-refractivity contribution in [2.45, 2.75) is 5.41 Å². The van der Waals surface area contributed by atoms with Gasteiger partial charge in [-0.25, -0.2) is 0 Å². The van der Waals surface area contributed by atoms with E-state index in [1.54, 1.807) is 0 Å². The summed E-state index contributed by atoms with van der Waals surface area (Å²) in [5, 5.41) is 4.77. The Kier molecular flexibility index (Phi) is 8.13. The van der Waals surface area contributed by atoms with Gasteiger partial charge in [-0.2, -0.15) is 0 Å². The summed E-state index contributed by atoms with van der Waals surface area (Å²) in [5.74, 6) is 0. The molecule has 300 valence electrons. The van der Waals surface area contributed by atoms with Gasteiger partial charge in [-0.05, 0) is 123 Å². The van der Waals surface area contributed by atoms with Crippen molar-refractivity contribution < 1.29 is 4.42 Å². The molecule has 0 unspecified atom stereocenters. The molecule has 0 saturated carbocycles. The fourth-order valence-corrected chi connectivity index (χ4v) is 10.7. The van der Waals surface area contributed by atoms with Crippen molar-refractivity contribution >= 4 is 60.8 Å². The highest BCUT2D eigenvalue weighted by molar-refractivity contribution is 6.09. The molecule has 0 radical (unpaired) electrons. The number of furan rings is 1. The maximum Gasteiger partial charge on any atom is 0.135 e. The molecule has 0 amide bonds. The Bertz CT molecular complexity index is 3610. The smallest absolute Gasteiger partial charge is 0.135 e. The third kappa shape index (κ3) is 5.41. The van der Waals surface area contributed by atoms with Crippen molar-refractivity contribution in [3.8, 4) is 27.9 Å². The van der Waals surface area contributed by atoms with Crippen LogP contribution in [0.15, 0.2) is 247 Å². The fraction of sp³-hybridized carbons (Fsp3) is 0.0164. The average Bonchev–Trinajstić information content (AvgIpc) is 4.01. The predicted octanol–water partition coefficient (Wildman–Crippen LogP) is 16.2. The molecule has 10 aromatic carbocycles. The standard InChI is InChI=1S/C61H40N2O/c1-2-14-43(15-3-1)61(55-21-9-4-16-49(55)50-17-5-10-22-56(50)61)44-29-33-46(34-30-44)62(45-31-26-41(27-32-45)42-28-39-60-54(40-42)53-20-8-13-25-59(53)64-60)47-35-37-48(38-36-47)63-57-23-11-6-18-51(57)52-19-7-12-24-58(52)63/h1-40H. The summed E-state index contributed by atoms with van der Waals surface area (Å²) in [6.45, 7) is 0. The van der Waals surface area contributed by atoms with Gasteiger partial charge in [0.05, 0.1) is 16.4 Å². The molecule has 2 heterocycles. The van der Waals surface area contributed by atoms with Crippen LogP contribution < -0.4 is 4.90 Å². The van der Waals surface area contributed by atoms with Gasteiger partial charge < -0.3 is 13.9 Å². The molecule has 0 spiro atoms. The van der Waals surface area contributed by atoms with E-state index in [2.05, 4.69) is 240 Å². The number of nitrogens with zero attached hydrogens (tertiary/aromatic N) is 2. The van der Waals surface area contributed by atoms with Gasteiger partial charge in [0.25, 0.3) is 0 Å². The summed E-state index contributed by atoms with van der Waals surface area (Å²) in [5.41, 5.74) is 18.1. The molecule has 64 heavy (non-hydrogen) atoms. The Morgan fingerprint density at radius 1 is 0.344 bits per heavy atom. The normalized spacial score (nSPS) is 12.8. The number of hydrogen-bond donors (Lipinski definition) is 0. The van der Waals surface area contributed by atoms with Gasteiger partial charge in [0, 0.05) is 44.3 Å². The minimum atomic E-state index is -0.467. The van der Waals surface area contributed by atoms with E-state index in [0.29, 0.717) is 0 Å². The molecule has 0 atom stereocenters. The van der Waals surface area contributed by atoms with Crippen LogP contribution in [0, 0.1) is 0 Å². The van der Waals surface area contributed by atoms with E-state index in [0.717, 1.165) is 55.8 Å². The zero-order valence-electron chi connectivity index (χ0n) is 34.9. The van der Waals surface area contributed by atoms with Crippen LogP contribution in [-0.4, -0.2) is 4.57 Å². The van der Waals surface area contributed by atoms with Crippen LogP contribution in [0.25, 0.3) is 71.7 Å². The van der Waals surface area contributed by atoms with Crippen molar-refractivity contribution in [3.05, 3.63) is 265 Å².